The molecular weight excluding hydrogens is 368 g/mol. The van der Waals surface area contributed by atoms with Crippen molar-refractivity contribution in [3.8, 4) is 5.75 Å². The average molecular weight is 390 g/mol. The minimum absolute atomic E-state index is 0.0322. The van der Waals surface area contributed by atoms with Gasteiger partial charge in [-0.1, -0.05) is 24.3 Å². The van der Waals surface area contributed by atoms with E-state index in [9.17, 15) is 9.59 Å². The van der Waals surface area contributed by atoms with Crippen LogP contribution in [-0.2, 0) is 4.79 Å². The summed E-state index contributed by atoms with van der Waals surface area (Å²) in [7, 11) is 0. The topological polar surface area (TPSA) is 71.8 Å². The van der Waals surface area contributed by atoms with Crippen LogP contribution in [0.1, 0.15) is 24.4 Å². The molecule has 0 unspecified atom stereocenters. The average Bonchev–Trinajstić information content (AvgIpc) is 3.11. The fourth-order valence-electron chi connectivity index (χ4n) is 3.32. The molecule has 0 atom stereocenters. The van der Waals surface area contributed by atoms with E-state index in [2.05, 4.69) is 11.9 Å². The number of carbonyl (C=O) groups excluding carboxylic acids is 2. The van der Waals surface area contributed by atoms with E-state index in [1.807, 2.05) is 38.1 Å². The Labute approximate surface area is 168 Å². The lowest BCUT2D eigenvalue weighted by Gasteiger charge is -2.27. The van der Waals surface area contributed by atoms with Crippen LogP contribution in [0.5, 0.6) is 5.75 Å². The minimum Gasteiger partial charge on any atom is -0.490 e. The van der Waals surface area contributed by atoms with Gasteiger partial charge in [-0.25, -0.2) is 0 Å². The van der Waals surface area contributed by atoms with Gasteiger partial charge in [0, 0.05) is 23.7 Å². The fraction of sp³-hybridized carbons (Fsp3) is 0.217. The van der Waals surface area contributed by atoms with Crippen molar-refractivity contribution in [3.05, 3.63) is 66.9 Å². The number of ether oxygens (including phenoxy) is 1. The maximum atomic E-state index is 12.9. The van der Waals surface area contributed by atoms with Gasteiger partial charge in [0.05, 0.1) is 11.1 Å². The largest absolute Gasteiger partial charge is 0.490 e. The number of fused-ring (bicyclic) bond motifs is 2. The molecular formula is C23H22N2O4. The van der Waals surface area contributed by atoms with Crippen molar-refractivity contribution < 1.29 is 18.7 Å². The molecule has 3 aromatic rings. The van der Waals surface area contributed by atoms with Crippen LogP contribution >= 0.6 is 0 Å². The summed E-state index contributed by atoms with van der Waals surface area (Å²) in [6, 6.07) is 14.4. The number of nitrogens with zero attached hydrogens (tertiary/aromatic N) is 1. The number of para-hydroxylation sites is 1. The molecule has 6 nitrogen and oxygen atoms in total. The van der Waals surface area contributed by atoms with Crippen LogP contribution in [0.25, 0.3) is 11.0 Å². The maximum absolute atomic E-state index is 12.9. The SMILES string of the molecule is C=CCN1C(=O)C(C)(C)COc2cc(NC(=O)c3cc4ccccc4o3)ccc21. The van der Waals surface area contributed by atoms with Crippen molar-refractivity contribution in [1.82, 2.24) is 0 Å². The first-order valence-electron chi connectivity index (χ1n) is 9.39. The zero-order chi connectivity index (χ0) is 20.6. The van der Waals surface area contributed by atoms with E-state index < -0.39 is 5.41 Å². The first-order chi connectivity index (χ1) is 13.9. The van der Waals surface area contributed by atoms with E-state index in [-0.39, 0.29) is 24.2 Å². The van der Waals surface area contributed by atoms with E-state index >= 15 is 0 Å². The van der Waals surface area contributed by atoms with Crippen LogP contribution in [0.3, 0.4) is 0 Å². The lowest BCUT2D eigenvalue weighted by atomic mass is 9.93. The van der Waals surface area contributed by atoms with Gasteiger partial charge in [0.2, 0.25) is 5.91 Å². The molecule has 29 heavy (non-hydrogen) atoms. The smallest absolute Gasteiger partial charge is 0.291 e. The van der Waals surface area contributed by atoms with E-state index in [1.54, 1.807) is 35.2 Å². The van der Waals surface area contributed by atoms with Gasteiger partial charge in [0.15, 0.2) is 5.76 Å². The molecule has 1 aliphatic rings. The molecule has 2 aromatic carbocycles. The number of furan rings is 1. The van der Waals surface area contributed by atoms with Gasteiger partial charge in [-0.2, -0.15) is 0 Å². The standard InChI is InChI=1S/C23H22N2O4/c1-4-11-25-17-10-9-16(13-19(17)28-14-23(2,3)22(25)27)24-21(26)20-12-15-7-5-6-8-18(15)29-20/h4-10,12-13H,1,11,14H2,2-3H3,(H,24,26). The molecule has 0 saturated carbocycles. The Bertz CT molecular complexity index is 1080. The zero-order valence-electron chi connectivity index (χ0n) is 16.4. The summed E-state index contributed by atoms with van der Waals surface area (Å²) in [5.74, 6) is 0.379. The quantitative estimate of drug-likeness (QED) is 0.660. The Morgan fingerprint density at radius 3 is 2.79 bits per heavy atom. The number of rotatable bonds is 4. The molecule has 6 heteroatoms. The second-order valence-corrected chi connectivity index (χ2v) is 7.66. The fourth-order valence-corrected chi connectivity index (χ4v) is 3.32. The second kappa shape index (κ2) is 7.13. The minimum atomic E-state index is -0.667. The maximum Gasteiger partial charge on any atom is 0.291 e. The van der Waals surface area contributed by atoms with E-state index in [0.29, 0.717) is 29.3 Å². The van der Waals surface area contributed by atoms with Crippen molar-refractivity contribution in [2.45, 2.75) is 13.8 Å². The summed E-state index contributed by atoms with van der Waals surface area (Å²) in [4.78, 5) is 27.1. The monoisotopic (exact) mass is 390 g/mol. The molecule has 1 aliphatic heterocycles. The molecule has 2 heterocycles. The van der Waals surface area contributed by atoms with Crippen LogP contribution < -0.4 is 15.0 Å². The molecule has 2 amide bonds. The van der Waals surface area contributed by atoms with E-state index in [0.717, 1.165) is 5.39 Å². The predicted molar refractivity (Wildman–Crippen MR) is 112 cm³/mol. The van der Waals surface area contributed by atoms with Gasteiger partial charge in [-0.3, -0.25) is 9.59 Å². The number of hydrogen-bond donors (Lipinski definition) is 1. The first-order valence-corrected chi connectivity index (χ1v) is 9.39. The Kier molecular flexibility index (Phi) is 4.62. The molecule has 4 rings (SSSR count). The highest BCUT2D eigenvalue weighted by Crippen LogP contribution is 2.38. The van der Waals surface area contributed by atoms with Crippen molar-refractivity contribution in [2.24, 2.45) is 5.41 Å². The van der Waals surface area contributed by atoms with Gasteiger partial charge in [0.1, 0.15) is 17.9 Å². The lowest BCUT2D eigenvalue weighted by Crippen LogP contribution is -2.42. The Morgan fingerprint density at radius 1 is 1.24 bits per heavy atom. The number of carbonyl (C=O) groups is 2. The van der Waals surface area contributed by atoms with E-state index in [1.165, 1.54) is 0 Å². The third-order valence-electron chi connectivity index (χ3n) is 4.88. The third-order valence-corrected chi connectivity index (χ3v) is 4.88. The predicted octanol–water partition coefficient (Wildman–Crippen LogP) is 4.62. The molecule has 0 saturated heterocycles. The van der Waals surface area contributed by atoms with E-state index in [4.69, 9.17) is 9.15 Å². The van der Waals surface area contributed by atoms with Gasteiger partial charge in [-0.15, -0.1) is 6.58 Å². The number of anilines is 2. The normalized spacial score (nSPS) is 15.4. The number of amides is 2. The summed E-state index contributed by atoms with van der Waals surface area (Å²) in [6.45, 7) is 8.07. The lowest BCUT2D eigenvalue weighted by molar-refractivity contribution is -0.127. The molecule has 1 aromatic heterocycles. The highest BCUT2D eigenvalue weighted by molar-refractivity contribution is 6.05. The molecule has 148 valence electrons. The van der Waals surface area contributed by atoms with Crippen molar-refractivity contribution in [2.75, 3.05) is 23.4 Å². The summed E-state index contributed by atoms with van der Waals surface area (Å²) < 4.78 is 11.5. The van der Waals surface area contributed by atoms with Gasteiger partial charge >= 0.3 is 0 Å². The highest BCUT2D eigenvalue weighted by Gasteiger charge is 2.37. The molecule has 0 bridgehead atoms. The van der Waals surface area contributed by atoms with Gasteiger partial charge in [-0.05, 0) is 38.1 Å². The van der Waals surface area contributed by atoms with Crippen LogP contribution in [0.4, 0.5) is 11.4 Å². The molecule has 1 N–H and O–H groups in total. The van der Waals surface area contributed by atoms with Crippen molar-refractivity contribution in [1.29, 1.82) is 0 Å². The van der Waals surface area contributed by atoms with Crippen LogP contribution in [0.15, 0.2) is 65.6 Å². The Hall–Kier alpha value is -3.54. The molecule has 0 spiro atoms. The Morgan fingerprint density at radius 2 is 2.03 bits per heavy atom. The number of hydrogen-bond acceptors (Lipinski definition) is 4. The Balaban J connectivity index is 1.62. The highest BCUT2D eigenvalue weighted by atomic mass is 16.5. The molecule has 0 radical (unpaired) electrons. The summed E-state index contributed by atoms with van der Waals surface area (Å²) in [6.07, 6.45) is 1.68. The number of nitrogens with one attached hydrogen (secondary N) is 1. The second-order valence-electron chi connectivity index (χ2n) is 7.66. The van der Waals surface area contributed by atoms with Crippen LogP contribution in [0.2, 0.25) is 0 Å². The molecule has 0 fully saturated rings. The van der Waals surface area contributed by atoms with Crippen LogP contribution in [0, 0.1) is 5.41 Å². The van der Waals surface area contributed by atoms with Gasteiger partial charge < -0.3 is 19.4 Å². The van der Waals surface area contributed by atoms with Gasteiger partial charge in [0.25, 0.3) is 5.91 Å². The molecule has 0 aliphatic carbocycles. The third kappa shape index (κ3) is 3.49. The zero-order valence-corrected chi connectivity index (χ0v) is 16.4. The van der Waals surface area contributed by atoms with Crippen molar-refractivity contribution in [3.63, 3.8) is 0 Å². The first kappa shape index (κ1) is 18.8. The number of benzene rings is 2. The summed E-state index contributed by atoms with van der Waals surface area (Å²) in [5, 5.41) is 3.70. The summed E-state index contributed by atoms with van der Waals surface area (Å²) >= 11 is 0. The summed E-state index contributed by atoms with van der Waals surface area (Å²) in [5.41, 5.74) is 1.20. The van der Waals surface area contributed by atoms with Crippen molar-refractivity contribution >= 4 is 34.2 Å². The van der Waals surface area contributed by atoms with Crippen LogP contribution in [-0.4, -0.2) is 25.0 Å².